The summed E-state index contributed by atoms with van der Waals surface area (Å²) in [5, 5.41) is 9.51. The highest BCUT2D eigenvalue weighted by atomic mass is 32.2. The molecule has 0 saturated heterocycles. The number of nitrogen functional groups attached to an aromatic ring is 1. The molecule has 0 aliphatic rings. The molecule has 3 N–H and O–H groups in total. The molecule has 4 nitrogen and oxygen atoms in total. The zero-order chi connectivity index (χ0) is 14.1. The van der Waals surface area contributed by atoms with Crippen LogP contribution in [0, 0.1) is 17.6 Å². The first-order valence-electron chi connectivity index (χ1n) is 5.30. The van der Waals surface area contributed by atoms with Crippen molar-refractivity contribution in [2.75, 3.05) is 11.5 Å². The van der Waals surface area contributed by atoms with Gasteiger partial charge in [0.25, 0.3) is 0 Å². The van der Waals surface area contributed by atoms with E-state index in [0.717, 1.165) is 12.1 Å². The monoisotopic (exact) mass is 279 g/mol. The van der Waals surface area contributed by atoms with Crippen LogP contribution in [0.1, 0.15) is 13.8 Å². The zero-order valence-corrected chi connectivity index (χ0v) is 10.8. The fourth-order valence-electron chi connectivity index (χ4n) is 1.38. The van der Waals surface area contributed by atoms with Gasteiger partial charge < -0.3 is 10.8 Å². The van der Waals surface area contributed by atoms with Crippen molar-refractivity contribution < 1.29 is 22.3 Å². The second-order valence-electron chi connectivity index (χ2n) is 4.41. The number of nitrogens with two attached hydrogens (primary N) is 1. The average molecular weight is 279 g/mol. The lowest BCUT2D eigenvalue weighted by atomic mass is 10.1. The van der Waals surface area contributed by atoms with Gasteiger partial charge in [-0.1, -0.05) is 13.8 Å². The number of sulfone groups is 1. The van der Waals surface area contributed by atoms with Crippen LogP contribution in [0.3, 0.4) is 0 Å². The quantitative estimate of drug-likeness (QED) is 0.815. The number of hydrogen-bond acceptors (Lipinski definition) is 4. The first kappa shape index (κ1) is 14.8. The third-order valence-corrected chi connectivity index (χ3v) is 4.28. The van der Waals surface area contributed by atoms with Crippen LogP contribution in [0.15, 0.2) is 17.0 Å². The summed E-state index contributed by atoms with van der Waals surface area (Å²) in [6, 6.07) is 1.47. The maximum Gasteiger partial charge on any atom is 0.186 e. The van der Waals surface area contributed by atoms with E-state index in [1.54, 1.807) is 13.8 Å². The summed E-state index contributed by atoms with van der Waals surface area (Å²) in [5.41, 5.74) is 5.00. The Kier molecular flexibility index (Phi) is 4.28. The number of benzene rings is 1. The van der Waals surface area contributed by atoms with E-state index in [-0.39, 0.29) is 11.6 Å². The molecule has 1 aromatic carbocycles. The Labute approximate surface area is 104 Å². The number of anilines is 1. The SMILES string of the molecule is CC(C)C(O)CS(=O)(=O)c1c(F)cc(N)cc1F. The molecular weight excluding hydrogens is 264 g/mol. The minimum atomic E-state index is -4.24. The van der Waals surface area contributed by atoms with Crippen molar-refractivity contribution in [2.24, 2.45) is 5.92 Å². The van der Waals surface area contributed by atoms with Gasteiger partial charge in [0.15, 0.2) is 9.84 Å². The third kappa shape index (κ3) is 3.17. The van der Waals surface area contributed by atoms with Gasteiger partial charge in [0.2, 0.25) is 0 Å². The van der Waals surface area contributed by atoms with Crippen molar-refractivity contribution in [1.82, 2.24) is 0 Å². The Morgan fingerprint density at radius 3 is 2.11 bits per heavy atom. The molecule has 0 fully saturated rings. The standard InChI is InChI=1S/C11H15F2NO3S/c1-6(2)10(15)5-18(16,17)11-8(12)3-7(14)4-9(11)13/h3-4,6,10,15H,5,14H2,1-2H3. The molecule has 0 bridgehead atoms. The molecule has 7 heteroatoms. The number of aliphatic hydroxyl groups excluding tert-OH is 1. The lowest BCUT2D eigenvalue weighted by Crippen LogP contribution is -2.27. The van der Waals surface area contributed by atoms with Crippen LogP contribution in [-0.4, -0.2) is 25.4 Å². The fraction of sp³-hybridized carbons (Fsp3) is 0.455. The van der Waals surface area contributed by atoms with E-state index in [0.29, 0.717) is 0 Å². The summed E-state index contributed by atoms with van der Waals surface area (Å²) in [4.78, 5) is -1.04. The largest absolute Gasteiger partial charge is 0.399 e. The maximum absolute atomic E-state index is 13.5. The summed E-state index contributed by atoms with van der Waals surface area (Å²) in [7, 11) is -4.24. The normalized spacial score (nSPS) is 13.9. The topological polar surface area (TPSA) is 80.4 Å². The number of rotatable bonds is 4. The predicted molar refractivity (Wildman–Crippen MR) is 63.7 cm³/mol. The fourth-order valence-corrected chi connectivity index (χ4v) is 3.09. The van der Waals surface area contributed by atoms with Gasteiger partial charge in [-0.15, -0.1) is 0 Å². The maximum atomic E-state index is 13.5. The minimum Gasteiger partial charge on any atom is -0.399 e. The van der Waals surface area contributed by atoms with Crippen molar-refractivity contribution in [1.29, 1.82) is 0 Å². The molecule has 1 aromatic rings. The van der Waals surface area contributed by atoms with Gasteiger partial charge in [-0.25, -0.2) is 17.2 Å². The average Bonchev–Trinajstić information content (AvgIpc) is 2.13. The summed E-state index contributed by atoms with van der Waals surface area (Å²) in [6.45, 7) is 3.21. The molecule has 0 heterocycles. The van der Waals surface area contributed by atoms with Gasteiger partial charge in [-0.3, -0.25) is 0 Å². The van der Waals surface area contributed by atoms with Crippen molar-refractivity contribution in [3.63, 3.8) is 0 Å². The van der Waals surface area contributed by atoms with Crippen LogP contribution in [-0.2, 0) is 9.84 Å². The lowest BCUT2D eigenvalue weighted by Gasteiger charge is -2.15. The van der Waals surface area contributed by atoms with Gasteiger partial charge in [-0.05, 0) is 18.1 Å². The molecule has 102 valence electrons. The van der Waals surface area contributed by atoms with E-state index in [9.17, 15) is 22.3 Å². The third-order valence-electron chi connectivity index (χ3n) is 2.49. The first-order chi connectivity index (χ1) is 8.15. The molecule has 1 rings (SSSR count). The highest BCUT2D eigenvalue weighted by Gasteiger charge is 2.28. The number of aliphatic hydroxyl groups is 1. The Morgan fingerprint density at radius 2 is 1.72 bits per heavy atom. The number of halogens is 2. The molecule has 0 saturated carbocycles. The second-order valence-corrected chi connectivity index (χ2v) is 6.38. The van der Waals surface area contributed by atoms with Crippen LogP contribution in [0.5, 0.6) is 0 Å². The highest BCUT2D eigenvalue weighted by molar-refractivity contribution is 7.91. The molecule has 0 radical (unpaired) electrons. The van der Waals surface area contributed by atoms with Crippen LogP contribution in [0.25, 0.3) is 0 Å². The van der Waals surface area contributed by atoms with Crippen LogP contribution in [0.4, 0.5) is 14.5 Å². The van der Waals surface area contributed by atoms with Crippen molar-refractivity contribution in [3.8, 4) is 0 Å². The predicted octanol–water partition coefficient (Wildman–Crippen LogP) is 1.34. The van der Waals surface area contributed by atoms with Gasteiger partial charge in [0.1, 0.15) is 16.5 Å². The minimum absolute atomic E-state index is 0.201. The Hall–Kier alpha value is -1.21. The van der Waals surface area contributed by atoms with Crippen LogP contribution < -0.4 is 5.73 Å². The molecule has 1 unspecified atom stereocenters. The Bertz CT molecular complexity index is 520. The smallest absolute Gasteiger partial charge is 0.186 e. The van der Waals surface area contributed by atoms with Crippen molar-refractivity contribution in [3.05, 3.63) is 23.8 Å². The molecule has 0 spiro atoms. The Balaban J connectivity index is 3.21. The van der Waals surface area contributed by atoms with E-state index < -0.39 is 38.2 Å². The summed E-state index contributed by atoms with van der Waals surface area (Å²) >= 11 is 0. The van der Waals surface area contributed by atoms with Gasteiger partial charge in [-0.2, -0.15) is 0 Å². The summed E-state index contributed by atoms with van der Waals surface area (Å²) in [6.07, 6.45) is -1.19. The summed E-state index contributed by atoms with van der Waals surface area (Å²) in [5.74, 6) is -3.56. The molecule has 0 aliphatic carbocycles. The molecule has 0 aliphatic heterocycles. The van der Waals surface area contributed by atoms with Gasteiger partial charge in [0.05, 0.1) is 11.9 Å². The number of hydrogen-bond donors (Lipinski definition) is 2. The molecule has 18 heavy (non-hydrogen) atoms. The molecule has 0 aromatic heterocycles. The van der Waals surface area contributed by atoms with E-state index >= 15 is 0 Å². The molecule has 1 atom stereocenters. The van der Waals surface area contributed by atoms with Crippen LogP contribution in [0.2, 0.25) is 0 Å². The summed E-state index contributed by atoms with van der Waals surface area (Å²) < 4.78 is 50.6. The van der Waals surface area contributed by atoms with Gasteiger partial charge in [0, 0.05) is 5.69 Å². The van der Waals surface area contributed by atoms with E-state index in [4.69, 9.17) is 5.73 Å². The van der Waals surface area contributed by atoms with E-state index in [2.05, 4.69) is 0 Å². The first-order valence-corrected chi connectivity index (χ1v) is 6.95. The Morgan fingerprint density at radius 1 is 1.28 bits per heavy atom. The van der Waals surface area contributed by atoms with Crippen LogP contribution >= 0.6 is 0 Å². The van der Waals surface area contributed by atoms with Gasteiger partial charge >= 0.3 is 0 Å². The van der Waals surface area contributed by atoms with E-state index in [1.807, 2.05) is 0 Å². The van der Waals surface area contributed by atoms with Crippen molar-refractivity contribution in [2.45, 2.75) is 24.8 Å². The zero-order valence-electron chi connectivity index (χ0n) is 10.0. The lowest BCUT2D eigenvalue weighted by molar-refractivity contribution is 0.147. The van der Waals surface area contributed by atoms with E-state index in [1.165, 1.54) is 0 Å². The second kappa shape index (κ2) is 5.19. The molecule has 0 amide bonds. The molecular formula is C11H15F2NO3S. The van der Waals surface area contributed by atoms with Crippen molar-refractivity contribution >= 4 is 15.5 Å². The highest BCUT2D eigenvalue weighted by Crippen LogP contribution is 2.24.